The molecule has 1 aliphatic heterocycles. The molecular weight excluding hydrogens is 260 g/mol. The van der Waals surface area contributed by atoms with Crippen molar-refractivity contribution in [1.82, 2.24) is 10.2 Å². The largest absolute Gasteiger partial charge is 0.494 e. The quantitative estimate of drug-likeness (QED) is 0.705. The van der Waals surface area contributed by atoms with Crippen molar-refractivity contribution < 1.29 is 4.74 Å². The van der Waals surface area contributed by atoms with Crippen LogP contribution in [0.4, 0.5) is 0 Å². The Morgan fingerprint density at radius 1 is 1.10 bits per heavy atom. The molecule has 21 heavy (non-hydrogen) atoms. The van der Waals surface area contributed by atoms with E-state index in [0.29, 0.717) is 0 Å². The van der Waals surface area contributed by atoms with Gasteiger partial charge in [-0.25, -0.2) is 0 Å². The molecule has 1 heterocycles. The van der Waals surface area contributed by atoms with Crippen LogP contribution in [0.3, 0.4) is 0 Å². The molecule has 0 radical (unpaired) electrons. The number of piperidine rings is 1. The Hall–Kier alpha value is -1.06. The van der Waals surface area contributed by atoms with Gasteiger partial charge in [-0.05, 0) is 69.6 Å². The zero-order valence-electron chi connectivity index (χ0n) is 13.4. The number of likely N-dealkylation sites (tertiary alicyclic amines) is 1. The summed E-state index contributed by atoms with van der Waals surface area (Å²) in [5.74, 6) is 0.977. The van der Waals surface area contributed by atoms with Crippen LogP contribution in [0.25, 0.3) is 0 Å². The fourth-order valence-corrected chi connectivity index (χ4v) is 2.77. The summed E-state index contributed by atoms with van der Waals surface area (Å²) >= 11 is 0. The molecule has 0 spiro atoms. The molecule has 2 rings (SSSR count). The van der Waals surface area contributed by atoms with Gasteiger partial charge in [0, 0.05) is 6.54 Å². The molecule has 1 aromatic rings. The van der Waals surface area contributed by atoms with E-state index in [0.717, 1.165) is 31.9 Å². The third-order valence-electron chi connectivity index (χ3n) is 4.00. The van der Waals surface area contributed by atoms with Gasteiger partial charge in [-0.3, -0.25) is 0 Å². The number of nitrogens with zero attached hydrogens (tertiary/aromatic N) is 1. The van der Waals surface area contributed by atoms with Crippen LogP contribution in [-0.2, 0) is 6.54 Å². The minimum absolute atomic E-state index is 0.800. The molecule has 118 valence electrons. The van der Waals surface area contributed by atoms with E-state index in [1.165, 1.54) is 50.9 Å². The van der Waals surface area contributed by atoms with Crippen molar-refractivity contribution in [3.63, 3.8) is 0 Å². The molecule has 3 heteroatoms. The summed E-state index contributed by atoms with van der Waals surface area (Å²) < 4.78 is 5.59. The van der Waals surface area contributed by atoms with Crippen molar-refractivity contribution in [2.45, 2.75) is 45.6 Å². The highest BCUT2D eigenvalue weighted by Gasteiger charge is 2.08. The summed E-state index contributed by atoms with van der Waals surface area (Å²) in [4.78, 5) is 2.60. The highest BCUT2D eigenvalue weighted by atomic mass is 16.5. The Morgan fingerprint density at radius 3 is 2.57 bits per heavy atom. The van der Waals surface area contributed by atoms with Crippen LogP contribution in [0, 0.1) is 0 Å². The molecule has 0 aromatic heterocycles. The molecule has 1 N–H and O–H groups in total. The molecular formula is C18H30N2O. The minimum Gasteiger partial charge on any atom is -0.494 e. The first-order chi connectivity index (χ1) is 10.4. The third-order valence-corrected chi connectivity index (χ3v) is 4.00. The van der Waals surface area contributed by atoms with Gasteiger partial charge in [0.1, 0.15) is 5.75 Å². The topological polar surface area (TPSA) is 24.5 Å². The monoisotopic (exact) mass is 290 g/mol. The van der Waals surface area contributed by atoms with Gasteiger partial charge in [0.25, 0.3) is 0 Å². The Balaban J connectivity index is 1.55. The molecule has 0 bridgehead atoms. The summed E-state index contributed by atoms with van der Waals surface area (Å²) in [5, 5.41) is 3.54. The zero-order chi connectivity index (χ0) is 14.8. The smallest absolute Gasteiger partial charge is 0.119 e. The summed E-state index contributed by atoms with van der Waals surface area (Å²) in [6.07, 6.45) is 6.50. The summed E-state index contributed by atoms with van der Waals surface area (Å²) in [5.41, 5.74) is 1.33. The highest BCUT2D eigenvalue weighted by Crippen LogP contribution is 2.12. The van der Waals surface area contributed by atoms with Crippen molar-refractivity contribution in [3.8, 4) is 5.75 Å². The first kappa shape index (κ1) is 16.3. The van der Waals surface area contributed by atoms with E-state index in [-0.39, 0.29) is 0 Å². The van der Waals surface area contributed by atoms with Crippen molar-refractivity contribution in [3.05, 3.63) is 29.8 Å². The van der Waals surface area contributed by atoms with Gasteiger partial charge >= 0.3 is 0 Å². The van der Waals surface area contributed by atoms with Crippen molar-refractivity contribution in [2.24, 2.45) is 0 Å². The first-order valence-corrected chi connectivity index (χ1v) is 8.53. The predicted molar refractivity (Wildman–Crippen MR) is 88.8 cm³/mol. The van der Waals surface area contributed by atoms with E-state index in [1.54, 1.807) is 0 Å². The number of ether oxygens (including phenoxy) is 1. The molecule has 1 fully saturated rings. The number of benzene rings is 1. The SMILES string of the molecule is CCCOc1ccc(CNCCCN2CCCCC2)cc1. The molecule has 1 aliphatic rings. The van der Waals surface area contributed by atoms with E-state index in [1.807, 2.05) is 0 Å². The van der Waals surface area contributed by atoms with Crippen molar-refractivity contribution >= 4 is 0 Å². The molecule has 0 aliphatic carbocycles. The molecule has 0 atom stereocenters. The van der Waals surface area contributed by atoms with E-state index >= 15 is 0 Å². The summed E-state index contributed by atoms with van der Waals surface area (Å²) in [7, 11) is 0. The lowest BCUT2D eigenvalue weighted by Gasteiger charge is -2.26. The van der Waals surface area contributed by atoms with Crippen LogP contribution in [0.1, 0.15) is 44.6 Å². The van der Waals surface area contributed by atoms with Crippen molar-refractivity contribution in [2.75, 3.05) is 32.8 Å². The third kappa shape index (κ3) is 6.49. The average Bonchev–Trinajstić information content (AvgIpc) is 2.55. The van der Waals surface area contributed by atoms with Crippen LogP contribution in [0.15, 0.2) is 24.3 Å². The molecule has 1 aromatic carbocycles. The van der Waals surface area contributed by atoms with Gasteiger partial charge in [0.05, 0.1) is 6.61 Å². The maximum absolute atomic E-state index is 5.59. The van der Waals surface area contributed by atoms with Crippen molar-refractivity contribution in [1.29, 1.82) is 0 Å². The second kappa shape index (κ2) is 9.80. The van der Waals surface area contributed by atoms with Gasteiger partial charge in [-0.15, -0.1) is 0 Å². The lowest BCUT2D eigenvalue weighted by molar-refractivity contribution is 0.225. The maximum atomic E-state index is 5.59. The average molecular weight is 290 g/mol. The van der Waals surface area contributed by atoms with E-state index in [9.17, 15) is 0 Å². The Labute approximate surface area is 129 Å². The molecule has 0 amide bonds. The second-order valence-corrected chi connectivity index (χ2v) is 5.93. The normalized spacial score (nSPS) is 16.0. The number of nitrogens with one attached hydrogen (secondary N) is 1. The van der Waals surface area contributed by atoms with Gasteiger partial charge in [-0.2, -0.15) is 0 Å². The van der Waals surface area contributed by atoms with Crippen LogP contribution < -0.4 is 10.1 Å². The summed E-state index contributed by atoms with van der Waals surface area (Å²) in [6, 6.07) is 8.45. The Kier molecular flexibility index (Phi) is 7.61. The Morgan fingerprint density at radius 2 is 1.86 bits per heavy atom. The molecule has 3 nitrogen and oxygen atoms in total. The second-order valence-electron chi connectivity index (χ2n) is 5.93. The molecule has 1 saturated heterocycles. The summed E-state index contributed by atoms with van der Waals surface area (Å²) in [6.45, 7) is 8.84. The van der Waals surface area contributed by atoms with Crippen LogP contribution in [-0.4, -0.2) is 37.7 Å². The number of hydrogen-bond donors (Lipinski definition) is 1. The van der Waals surface area contributed by atoms with Crippen LogP contribution in [0.2, 0.25) is 0 Å². The zero-order valence-corrected chi connectivity index (χ0v) is 13.4. The van der Waals surface area contributed by atoms with Gasteiger partial charge in [0.2, 0.25) is 0 Å². The molecule has 0 unspecified atom stereocenters. The predicted octanol–water partition coefficient (Wildman–Crippen LogP) is 3.44. The lowest BCUT2D eigenvalue weighted by atomic mass is 10.1. The number of hydrogen-bond acceptors (Lipinski definition) is 3. The van der Waals surface area contributed by atoms with Gasteiger partial charge < -0.3 is 15.0 Å². The van der Waals surface area contributed by atoms with Crippen LogP contribution >= 0.6 is 0 Å². The fourth-order valence-electron chi connectivity index (χ4n) is 2.77. The standard InChI is InChI=1S/C18H30N2O/c1-2-15-21-18-9-7-17(8-10-18)16-19-11-6-14-20-12-4-3-5-13-20/h7-10,19H,2-6,11-16H2,1H3. The Bertz CT molecular complexity index is 371. The molecule has 0 saturated carbocycles. The maximum Gasteiger partial charge on any atom is 0.119 e. The highest BCUT2D eigenvalue weighted by molar-refractivity contribution is 5.27. The number of rotatable bonds is 9. The van der Waals surface area contributed by atoms with E-state index in [2.05, 4.69) is 41.4 Å². The fraction of sp³-hybridized carbons (Fsp3) is 0.667. The minimum atomic E-state index is 0.800. The van der Waals surface area contributed by atoms with E-state index < -0.39 is 0 Å². The van der Waals surface area contributed by atoms with Gasteiger partial charge in [0.15, 0.2) is 0 Å². The van der Waals surface area contributed by atoms with Crippen LogP contribution in [0.5, 0.6) is 5.75 Å². The lowest BCUT2D eigenvalue weighted by Crippen LogP contribution is -2.32. The van der Waals surface area contributed by atoms with E-state index in [4.69, 9.17) is 4.74 Å². The first-order valence-electron chi connectivity index (χ1n) is 8.53. The van der Waals surface area contributed by atoms with Gasteiger partial charge in [-0.1, -0.05) is 25.5 Å².